The molecular weight excluding hydrogens is 284 g/mol. The summed E-state index contributed by atoms with van der Waals surface area (Å²) in [6, 6.07) is 2.89. The minimum Gasteiger partial charge on any atom is -0.463 e. The number of carbonyl (C=O) groups is 1. The molecule has 0 N–H and O–H groups in total. The van der Waals surface area contributed by atoms with Crippen LogP contribution in [0.3, 0.4) is 0 Å². The van der Waals surface area contributed by atoms with E-state index in [0.29, 0.717) is 0 Å². The molecule has 0 radical (unpaired) electrons. The number of nitrogens with zero attached hydrogens (tertiary/aromatic N) is 3. The minimum atomic E-state index is -0.635. The molecule has 0 atom stereocenters. The Kier molecular flexibility index (Phi) is 4.46. The Balaban J connectivity index is 2.19. The molecule has 1 aromatic carbocycles. The SMILES string of the molecule is CCOC(=O)COc1nc(-c2cc(F)ccc2F)n(C)n1. The summed E-state index contributed by atoms with van der Waals surface area (Å²) in [7, 11) is 1.50. The molecule has 1 aromatic heterocycles. The second-order valence-corrected chi connectivity index (χ2v) is 4.06. The van der Waals surface area contributed by atoms with Gasteiger partial charge < -0.3 is 9.47 Å². The van der Waals surface area contributed by atoms with Crippen molar-refractivity contribution < 1.29 is 23.0 Å². The Morgan fingerprint density at radius 1 is 1.38 bits per heavy atom. The predicted octanol–water partition coefficient (Wildman–Crippen LogP) is 1.70. The average Bonchev–Trinajstić information content (AvgIpc) is 2.81. The van der Waals surface area contributed by atoms with Crippen molar-refractivity contribution in [3.63, 3.8) is 0 Å². The summed E-state index contributed by atoms with van der Waals surface area (Å²) in [5.41, 5.74) is -0.0454. The number of ether oxygens (including phenoxy) is 2. The highest BCUT2D eigenvalue weighted by Crippen LogP contribution is 2.23. The Bertz CT molecular complexity index is 658. The molecule has 21 heavy (non-hydrogen) atoms. The Morgan fingerprint density at radius 2 is 2.14 bits per heavy atom. The monoisotopic (exact) mass is 297 g/mol. The number of esters is 1. The largest absolute Gasteiger partial charge is 0.463 e. The number of carbonyl (C=O) groups excluding carboxylic acids is 1. The van der Waals surface area contributed by atoms with Crippen LogP contribution in [0.4, 0.5) is 8.78 Å². The van der Waals surface area contributed by atoms with Crippen LogP contribution in [0.5, 0.6) is 6.01 Å². The van der Waals surface area contributed by atoms with Crippen LogP contribution in [0.15, 0.2) is 18.2 Å². The first-order chi connectivity index (χ1) is 10.0. The zero-order valence-corrected chi connectivity index (χ0v) is 11.5. The lowest BCUT2D eigenvalue weighted by molar-refractivity contribution is -0.145. The van der Waals surface area contributed by atoms with Gasteiger partial charge in [-0.05, 0) is 25.1 Å². The van der Waals surface area contributed by atoms with Crippen LogP contribution in [-0.4, -0.2) is 33.9 Å². The lowest BCUT2D eigenvalue weighted by Gasteiger charge is -2.01. The summed E-state index contributed by atoms with van der Waals surface area (Å²) >= 11 is 0. The van der Waals surface area contributed by atoms with Crippen molar-refractivity contribution in [1.82, 2.24) is 14.8 Å². The molecule has 0 saturated heterocycles. The van der Waals surface area contributed by atoms with Crippen LogP contribution >= 0.6 is 0 Å². The Hall–Kier alpha value is -2.51. The van der Waals surface area contributed by atoms with Crippen molar-refractivity contribution in [2.45, 2.75) is 6.92 Å². The van der Waals surface area contributed by atoms with Gasteiger partial charge in [-0.2, -0.15) is 4.98 Å². The summed E-state index contributed by atoms with van der Waals surface area (Å²) in [6.45, 7) is 1.54. The van der Waals surface area contributed by atoms with Crippen molar-refractivity contribution in [3.8, 4) is 17.4 Å². The van der Waals surface area contributed by atoms with Crippen LogP contribution in [0, 0.1) is 11.6 Å². The lowest BCUT2D eigenvalue weighted by Crippen LogP contribution is -2.15. The first kappa shape index (κ1) is 14.9. The number of aryl methyl sites for hydroxylation is 1. The Morgan fingerprint density at radius 3 is 2.86 bits per heavy atom. The van der Waals surface area contributed by atoms with Crippen LogP contribution in [0.25, 0.3) is 11.4 Å². The summed E-state index contributed by atoms with van der Waals surface area (Å²) in [4.78, 5) is 15.1. The molecule has 0 amide bonds. The topological polar surface area (TPSA) is 66.2 Å². The van der Waals surface area contributed by atoms with Gasteiger partial charge in [0.25, 0.3) is 0 Å². The third kappa shape index (κ3) is 3.53. The highest BCUT2D eigenvalue weighted by atomic mass is 19.1. The van der Waals surface area contributed by atoms with Crippen LogP contribution in [0.1, 0.15) is 6.92 Å². The highest BCUT2D eigenvalue weighted by molar-refractivity contribution is 5.70. The van der Waals surface area contributed by atoms with Gasteiger partial charge in [-0.3, -0.25) is 0 Å². The molecule has 0 fully saturated rings. The van der Waals surface area contributed by atoms with Crippen LogP contribution in [0.2, 0.25) is 0 Å². The molecule has 2 aromatic rings. The van der Waals surface area contributed by atoms with Gasteiger partial charge >= 0.3 is 12.0 Å². The molecule has 8 heteroatoms. The van der Waals surface area contributed by atoms with Crippen LogP contribution in [-0.2, 0) is 16.6 Å². The average molecular weight is 297 g/mol. The molecule has 0 bridgehead atoms. The van der Waals surface area contributed by atoms with E-state index in [1.54, 1.807) is 6.92 Å². The predicted molar refractivity (Wildman–Crippen MR) is 68.5 cm³/mol. The molecule has 2 rings (SSSR count). The molecule has 112 valence electrons. The van der Waals surface area contributed by atoms with Crippen molar-refractivity contribution in [1.29, 1.82) is 0 Å². The molecule has 0 aliphatic rings. The van der Waals surface area contributed by atoms with E-state index >= 15 is 0 Å². The molecule has 0 unspecified atom stereocenters. The second-order valence-electron chi connectivity index (χ2n) is 4.06. The molecule has 0 aliphatic heterocycles. The molecule has 6 nitrogen and oxygen atoms in total. The molecule has 1 heterocycles. The van der Waals surface area contributed by atoms with E-state index in [4.69, 9.17) is 4.74 Å². The zero-order valence-electron chi connectivity index (χ0n) is 11.5. The number of hydrogen-bond donors (Lipinski definition) is 0. The quantitative estimate of drug-likeness (QED) is 0.786. The van der Waals surface area contributed by atoms with Gasteiger partial charge in [-0.25, -0.2) is 18.3 Å². The summed E-state index contributed by atoms with van der Waals surface area (Å²) in [6.07, 6.45) is 0. The molecule has 0 spiro atoms. The zero-order chi connectivity index (χ0) is 15.4. The standard InChI is InChI=1S/C13H13F2N3O3/c1-3-20-11(19)7-21-13-16-12(18(2)17-13)9-6-8(14)4-5-10(9)15/h4-6H,3,7H2,1-2H3. The summed E-state index contributed by atoms with van der Waals surface area (Å²) in [5, 5.41) is 3.88. The lowest BCUT2D eigenvalue weighted by atomic mass is 10.2. The smallest absolute Gasteiger partial charge is 0.344 e. The molecule has 0 aliphatic carbocycles. The van der Waals surface area contributed by atoms with Crippen molar-refractivity contribution >= 4 is 5.97 Å². The third-order valence-electron chi connectivity index (χ3n) is 2.54. The van der Waals surface area contributed by atoms with E-state index in [2.05, 4.69) is 14.8 Å². The molecular formula is C13H13F2N3O3. The first-order valence-corrected chi connectivity index (χ1v) is 6.16. The van der Waals surface area contributed by atoms with E-state index in [1.807, 2.05) is 0 Å². The van der Waals surface area contributed by atoms with Gasteiger partial charge in [0.15, 0.2) is 12.4 Å². The van der Waals surface area contributed by atoms with Gasteiger partial charge in [-0.15, -0.1) is 5.10 Å². The minimum absolute atomic E-state index is 0.0454. The normalized spacial score (nSPS) is 10.5. The summed E-state index contributed by atoms with van der Waals surface area (Å²) < 4.78 is 37.8. The number of benzene rings is 1. The van der Waals surface area contributed by atoms with Crippen molar-refractivity contribution in [2.75, 3.05) is 13.2 Å². The van der Waals surface area contributed by atoms with E-state index in [0.717, 1.165) is 18.2 Å². The fourth-order valence-electron chi connectivity index (χ4n) is 1.65. The van der Waals surface area contributed by atoms with E-state index in [-0.39, 0.29) is 30.6 Å². The maximum atomic E-state index is 13.7. The third-order valence-corrected chi connectivity index (χ3v) is 2.54. The van der Waals surface area contributed by atoms with Gasteiger partial charge in [0.05, 0.1) is 12.2 Å². The number of halogens is 2. The van der Waals surface area contributed by atoms with Crippen LogP contribution < -0.4 is 4.74 Å². The van der Waals surface area contributed by atoms with E-state index in [1.165, 1.54) is 11.7 Å². The number of aromatic nitrogens is 3. The van der Waals surface area contributed by atoms with Gasteiger partial charge in [0.1, 0.15) is 11.6 Å². The van der Waals surface area contributed by atoms with Crippen molar-refractivity contribution in [3.05, 3.63) is 29.8 Å². The maximum absolute atomic E-state index is 13.7. The fourth-order valence-corrected chi connectivity index (χ4v) is 1.65. The van der Waals surface area contributed by atoms with Gasteiger partial charge in [0.2, 0.25) is 0 Å². The first-order valence-electron chi connectivity index (χ1n) is 6.16. The van der Waals surface area contributed by atoms with Gasteiger partial charge in [0, 0.05) is 7.05 Å². The second kappa shape index (κ2) is 6.29. The highest BCUT2D eigenvalue weighted by Gasteiger charge is 2.16. The summed E-state index contributed by atoms with van der Waals surface area (Å²) in [5.74, 6) is -1.71. The van der Waals surface area contributed by atoms with E-state index in [9.17, 15) is 13.6 Å². The van der Waals surface area contributed by atoms with Gasteiger partial charge in [-0.1, -0.05) is 0 Å². The fraction of sp³-hybridized carbons (Fsp3) is 0.308. The number of hydrogen-bond acceptors (Lipinski definition) is 5. The Labute approximate surface area is 119 Å². The number of rotatable bonds is 5. The van der Waals surface area contributed by atoms with E-state index < -0.39 is 17.6 Å². The van der Waals surface area contributed by atoms with Crippen molar-refractivity contribution in [2.24, 2.45) is 7.05 Å². The maximum Gasteiger partial charge on any atom is 0.344 e. The molecule has 0 saturated carbocycles.